The molecular weight excluding hydrogens is 441 g/mol. The summed E-state index contributed by atoms with van der Waals surface area (Å²) in [5, 5.41) is 8.57. The monoisotopic (exact) mass is 470 g/mol. The second-order valence-electron chi connectivity index (χ2n) is 9.11. The number of hydrogen-bond acceptors (Lipinski definition) is 4. The molecule has 2 aliphatic rings. The second-order valence-corrected chi connectivity index (χ2v) is 9.11. The number of fused-ring (bicyclic) bond motifs is 1. The molecule has 5 nitrogen and oxygen atoms in total. The number of aromatic nitrogens is 2. The van der Waals surface area contributed by atoms with Crippen LogP contribution < -0.4 is 10.1 Å². The van der Waals surface area contributed by atoms with E-state index in [1.807, 2.05) is 10.7 Å². The Morgan fingerprint density at radius 3 is 2.56 bits per heavy atom. The molecule has 3 aromatic rings. The fourth-order valence-electron chi connectivity index (χ4n) is 5.10. The van der Waals surface area contributed by atoms with Gasteiger partial charge in [0.1, 0.15) is 11.6 Å². The van der Waals surface area contributed by atoms with Crippen molar-refractivity contribution in [3.63, 3.8) is 0 Å². The van der Waals surface area contributed by atoms with Crippen LogP contribution >= 0.6 is 0 Å². The molecule has 0 aliphatic carbocycles. The van der Waals surface area contributed by atoms with Gasteiger partial charge < -0.3 is 10.1 Å². The molecule has 3 heterocycles. The molecular formula is C26H29F3N4O. The lowest BCUT2D eigenvalue weighted by molar-refractivity contribution is -0.274. The van der Waals surface area contributed by atoms with Crippen LogP contribution in [0.5, 0.6) is 5.75 Å². The first-order valence-electron chi connectivity index (χ1n) is 11.9. The van der Waals surface area contributed by atoms with E-state index in [2.05, 4.69) is 39.2 Å². The first kappa shape index (κ1) is 22.8. The fourth-order valence-corrected chi connectivity index (χ4v) is 5.10. The molecule has 0 saturated carbocycles. The quantitative estimate of drug-likeness (QED) is 0.504. The highest BCUT2D eigenvalue weighted by Crippen LogP contribution is 2.36. The Kier molecular flexibility index (Phi) is 6.50. The summed E-state index contributed by atoms with van der Waals surface area (Å²) in [5.74, 6) is 1.07. The molecule has 1 unspecified atom stereocenters. The van der Waals surface area contributed by atoms with Crippen LogP contribution in [0.4, 0.5) is 19.0 Å². The van der Waals surface area contributed by atoms with Crippen LogP contribution in [0.2, 0.25) is 0 Å². The molecule has 1 N–H and O–H groups in total. The standard InChI is InChI=1S/C26H29F3N4O/c27-26(28,29)34-22-13-11-21(12-14-22)33-25-23(10-4-5-15-30-25)24(31-33)20-9-6-16-32(18-20)17-19-7-2-1-3-8-19/h1-3,7-8,11-14,20,30H,4-6,9-10,15-18H2. The first-order chi connectivity index (χ1) is 16.5. The molecule has 34 heavy (non-hydrogen) atoms. The van der Waals surface area contributed by atoms with Crippen molar-refractivity contribution in [2.75, 3.05) is 25.0 Å². The summed E-state index contributed by atoms with van der Waals surface area (Å²) in [5.41, 5.74) is 4.41. The number of alkyl halides is 3. The Morgan fingerprint density at radius 2 is 1.79 bits per heavy atom. The van der Waals surface area contributed by atoms with E-state index in [-0.39, 0.29) is 5.75 Å². The zero-order valence-electron chi connectivity index (χ0n) is 19.0. The smallest absolute Gasteiger partial charge is 0.406 e. The van der Waals surface area contributed by atoms with Crippen molar-refractivity contribution in [3.05, 3.63) is 71.4 Å². The maximum atomic E-state index is 12.6. The van der Waals surface area contributed by atoms with Crippen molar-refractivity contribution in [2.24, 2.45) is 0 Å². The summed E-state index contributed by atoms with van der Waals surface area (Å²) in [6.45, 7) is 3.82. The summed E-state index contributed by atoms with van der Waals surface area (Å²) in [6, 6.07) is 16.5. The SMILES string of the molecule is FC(F)(F)Oc1ccc(-n2nc(C3CCCN(Cc4ccccc4)C3)c3c2NCCCC3)cc1. The molecule has 0 amide bonds. The van der Waals surface area contributed by atoms with Crippen LogP contribution in [-0.4, -0.2) is 40.7 Å². The Bertz CT molecular complexity index is 1100. The molecule has 8 heteroatoms. The van der Waals surface area contributed by atoms with E-state index in [1.54, 1.807) is 12.1 Å². The number of rotatable bonds is 5. The fraction of sp³-hybridized carbons (Fsp3) is 0.423. The van der Waals surface area contributed by atoms with Crippen LogP contribution in [0.3, 0.4) is 0 Å². The average molecular weight is 471 g/mol. The molecule has 180 valence electrons. The molecule has 2 aliphatic heterocycles. The van der Waals surface area contributed by atoms with Gasteiger partial charge in [-0.2, -0.15) is 5.10 Å². The van der Waals surface area contributed by atoms with Crippen molar-refractivity contribution in [1.82, 2.24) is 14.7 Å². The average Bonchev–Trinajstić information content (AvgIpc) is 3.00. The van der Waals surface area contributed by atoms with E-state index in [0.29, 0.717) is 5.92 Å². The number of hydrogen-bond donors (Lipinski definition) is 1. The van der Waals surface area contributed by atoms with Crippen molar-refractivity contribution >= 4 is 5.82 Å². The van der Waals surface area contributed by atoms with Crippen molar-refractivity contribution in [3.8, 4) is 11.4 Å². The van der Waals surface area contributed by atoms with Crippen LogP contribution in [0.15, 0.2) is 54.6 Å². The van der Waals surface area contributed by atoms with Crippen LogP contribution in [-0.2, 0) is 13.0 Å². The zero-order chi connectivity index (χ0) is 23.5. The van der Waals surface area contributed by atoms with E-state index >= 15 is 0 Å². The van der Waals surface area contributed by atoms with Gasteiger partial charge in [0, 0.05) is 31.1 Å². The minimum Gasteiger partial charge on any atom is -0.406 e. The normalized spacial score (nSPS) is 19.2. The first-order valence-corrected chi connectivity index (χ1v) is 11.9. The predicted octanol–water partition coefficient (Wildman–Crippen LogP) is 5.90. The third-order valence-corrected chi connectivity index (χ3v) is 6.62. The largest absolute Gasteiger partial charge is 0.573 e. The van der Waals surface area contributed by atoms with Crippen molar-refractivity contribution in [1.29, 1.82) is 0 Å². The number of nitrogens with zero attached hydrogens (tertiary/aromatic N) is 3. The van der Waals surface area contributed by atoms with Gasteiger partial charge in [-0.15, -0.1) is 13.2 Å². The van der Waals surface area contributed by atoms with Crippen LogP contribution in [0, 0.1) is 0 Å². The molecule has 1 saturated heterocycles. The lowest BCUT2D eigenvalue weighted by Crippen LogP contribution is -2.34. The Labute approximate surface area is 197 Å². The van der Waals surface area contributed by atoms with Gasteiger partial charge in [0.05, 0.1) is 11.4 Å². The number of benzene rings is 2. The Hall–Kier alpha value is -3.00. The lowest BCUT2D eigenvalue weighted by Gasteiger charge is -2.32. The molecule has 1 aromatic heterocycles. The molecule has 1 fully saturated rings. The molecule has 0 bridgehead atoms. The van der Waals surface area contributed by atoms with Crippen LogP contribution in [0.1, 0.15) is 48.4 Å². The Balaban J connectivity index is 1.42. The number of halogens is 3. The van der Waals surface area contributed by atoms with Gasteiger partial charge in [0.2, 0.25) is 0 Å². The topological polar surface area (TPSA) is 42.3 Å². The van der Waals surface area contributed by atoms with Gasteiger partial charge in [-0.25, -0.2) is 4.68 Å². The number of anilines is 1. The summed E-state index contributed by atoms with van der Waals surface area (Å²) in [7, 11) is 0. The minimum absolute atomic E-state index is 0.230. The van der Waals surface area contributed by atoms with Gasteiger partial charge in [-0.1, -0.05) is 30.3 Å². The van der Waals surface area contributed by atoms with Gasteiger partial charge >= 0.3 is 6.36 Å². The van der Waals surface area contributed by atoms with Crippen molar-refractivity contribution < 1.29 is 17.9 Å². The number of likely N-dealkylation sites (tertiary alicyclic amines) is 1. The van der Waals surface area contributed by atoms with Crippen molar-refractivity contribution in [2.45, 2.75) is 50.9 Å². The lowest BCUT2D eigenvalue weighted by atomic mass is 9.91. The zero-order valence-corrected chi connectivity index (χ0v) is 19.0. The summed E-state index contributed by atoms with van der Waals surface area (Å²) < 4.78 is 43.6. The molecule has 0 radical (unpaired) electrons. The van der Waals surface area contributed by atoms with E-state index < -0.39 is 6.36 Å². The van der Waals surface area contributed by atoms with E-state index in [9.17, 15) is 13.2 Å². The van der Waals surface area contributed by atoms with Gasteiger partial charge in [-0.05, 0) is 68.5 Å². The predicted molar refractivity (Wildman–Crippen MR) is 125 cm³/mol. The highest BCUT2D eigenvalue weighted by molar-refractivity contribution is 5.55. The third-order valence-electron chi connectivity index (χ3n) is 6.62. The molecule has 0 spiro atoms. The summed E-state index contributed by atoms with van der Waals surface area (Å²) in [4.78, 5) is 2.50. The molecule has 5 rings (SSSR count). The van der Waals surface area contributed by atoms with Gasteiger partial charge in [-0.3, -0.25) is 4.90 Å². The van der Waals surface area contributed by atoms with Gasteiger partial charge in [0.15, 0.2) is 0 Å². The highest BCUT2D eigenvalue weighted by atomic mass is 19.4. The summed E-state index contributed by atoms with van der Waals surface area (Å²) >= 11 is 0. The second kappa shape index (κ2) is 9.70. The molecule has 2 aromatic carbocycles. The highest BCUT2D eigenvalue weighted by Gasteiger charge is 2.32. The van der Waals surface area contributed by atoms with E-state index in [0.717, 1.165) is 75.5 Å². The third kappa shape index (κ3) is 5.22. The molecule has 1 atom stereocenters. The van der Waals surface area contributed by atoms with Gasteiger partial charge in [0.25, 0.3) is 0 Å². The minimum atomic E-state index is -4.70. The van der Waals surface area contributed by atoms with E-state index in [1.165, 1.54) is 23.3 Å². The number of piperidine rings is 1. The van der Waals surface area contributed by atoms with Crippen LogP contribution in [0.25, 0.3) is 5.69 Å². The maximum absolute atomic E-state index is 12.6. The van der Waals surface area contributed by atoms with E-state index in [4.69, 9.17) is 5.10 Å². The number of ether oxygens (including phenoxy) is 1. The maximum Gasteiger partial charge on any atom is 0.573 e. The number of nitrogens with one attached hydrogen (secondary N) is 1. The summed E-state index contributed by atoms with van der Waals surface area (Å²) in [6.07, 6.45) is 0.645. The Morgan fingerprint density at radius 1 is 1.00 bits per heavy atom.